The minimum atomic E-state index is -0.0536. The van der Waals surface area contributed by atoms with E-state index in [2.05, 4.69) is 17.1 Å². The molecule has 1 aromatic carbocycles. The Hall–Kier alpha value is -2.04. The van der Waals surface area contributed by atoms with E-state index in [1.807, 2.05) is 24.3 Å². The van der Waals surface area contributed by atoms with Crippen LogP contribution in [0.2, 0.25) is 0 Å². The normalized spacial score (nSPS) is 10.5. The van der Waals surface area contributed by atoms with Gasteiger partial charge in [-0.25, -0.2) is 0 Å². The van der Waals surface area contributed by atoms with Crippen LogP contribution in [0.3, 0.4) is 0 Å². The number of guanidine groups is 1. The molecular formula is C13H20N4O. The van der Waals surface area contributed by atoms with Crippen molar-refractivity contribution in [3.8, 4) is 5.75 Å². The molecule has 0 aliphatic rings. The molecule has 18 heavy (non-hydrogen) atoms. The van der Waals surface area contributed by atoms with Crippen LogP contribution < -0.4 is 16.2 Å². The fourth-order valence-corrected chi connectivity index (χ4v) is 1.35. The van der Waals surface area contributed by atoms with E-state index in [-0.39, 0.29) is 5.96 Å². The molecule has 1 rings (SSSR count). The molecule has 0 aliphatic carbocycles. The molecule has 0 aromatic heterocycles. The fraction of sp³-hybridized carbons (Fsp3) is 0.385. The monoisotopic (exact) mass is 248 g/mol. The summed E-state index contributed by atoms with van der Waals surface area (Å²) in [4.78, 5) is 0. The van der Waals surface area contributed by atoms with Crippen molar-refractivity contribution >= 4 is 12.2 Å². The van der Waals surface area contributed by atoms with Crippen LogP contribution in [0, 0.1) is 0 Å². The van der Waals surface area contributed by atoms with Gasteiger partial charge in [0.1, 0.15) is 5.75 Å². The summed E-state index contributed by atoms with van der Waals surface area (Å²) in [5, 5.41) is 7.25. The zero-order valence-corrected chi connectivity index (χ0v) is 10.7. The number of rotatable bonds is 7. The first-order valence-electron chi connectivity index (χ1n) is 6.07. The summed E-state index contributed by atoms with van der Waals surface area (Å²) in [6.07, 6.45) is 5.07. The molecule has 0 unspecified atom stereocenters. The van der Waals surface area contributed by atoms with Crippen molar-refractivity contribution in [2.45, 2.75) is 26.2 Å². The molecule has 0 bridgehead atoms. The topological polar surface area (TPSA) is 86.0 Å². The first-order valence-corrected chi connectivity index (χ1v) is 6.07. The highest BCUT2D eigenvalue weighted by Gasteiger charge is 1.94. The SMILES string of the molecule is CCCCCOc1ccc(/C=N\N=C(N)N)cc1. The van der Waals surface area contributed by atoms with Crippen LogP contribution in [-0.2, 0) is 0 Å². The van der Waals surface area contributed by atoms with Gasteiger partial charge in [-0.3, -0.25) is 0 Å². The summed E-state index contributed by atoms with van der Waals surface area (Å²) in [6, 6.07) is 7.62. The minimum absolute atomic E-state index is 0.0536. The van der Waals surface area contributed by atoms with E-state index in [1.165, 1.54) is 12.8 Å². The number of nitrogens with zero attached hydrogens (tertiary/aromatic N) is 2. The molecule has 1 aromatic rings. The highest BCUT2D eigenvalue weighted by atomic mass is 16.5. The number of ether oxygens (including phenoxy) is 1. The summed E-state index contributed by atoms with van der Waals surface area (Å²) in [7, 11) is 0. The van der Waals surface area contributed by atoms with Gasteiger partial charge >= 0.3 is 0 Å². The lowest BCUT2D eigenvalue weighted by atomic mass is 10.2. The highest BCUT2D eigenvalue weighted by Crippen LogP contribution is 2.11. The van der Waals surface area contributed by atoms with Gasteiger partial charge in [0.25, 0.3) is 0 Å². The first-order chi connectivity index (χ1) is 8.72. The van der Waals surface area contributed by atoms with Gasteiger partial charge in [-0.05, 0) is 36.2 Å². The maximum atomic E-state index is 5.59. The molecule has 0 spiro atoms. The Morgan fingerprint density at radius 2 is 1.94 bits per heavy atom. The minimum Gasteiger partial charge on any atom is -0.494 e. The predicted octanol–water partition coefficient (Wildman–Crippen LogP) is 1.86. The Morgan fingerprint density at radius 3 is 2.56 bits per heavy atom. The van der Waals surface area contributed by atoms with Crippen LogP contribution >= 0.6 is 0 Å². The smallest absolute Gasteiger partial charge is 0.211 e. The van der Waals surface area contributed by atoms with Crippen LogP contribution in [0.5, 0.6) is 5.75 Å². The fourth-order valence-electron chi connectivity index (χ4n) is 1.35. The van der Waals surface area contributed by atoms with Crippen molar-refractivity contribution in [1.82, 2.24) is 0 Å². The second kappa shape index (κ2) is 8.11. The molecule has 0 aliphatic heterocycles. The van der Waals surface area contributed by atoms with E-state index >= 15 is 0 Å². The third-order valence-electron chi connectivity index (χ3n) is 2.28. The lowest BCUT2D eigenvalue weighted by molar-refractivity contribution is 0.306. The Labute approximate surface area is 108 Å². The quantitative estimate of drug-likeness (QED) is 0.334. The van der Waals surface area contributed by atoms with E-state index in [9.17, 15) is 0 Å². The molecule has 0 radical (unpaired) electrons. The summed E-state index contributed by atoms with van der Waals surface area (Å²) >= 11 is 0. The third-order valence-corrected chi connectivity index (χ3v) is 2.28. The standard InChI is InChI=1S/C13H20N4O/c1-2-3-4-9-18-12-7-5-11(6-8-12)10-16-17-13(14)15/h5-8,10H,2-4,9H2,1H3,(H4,14,15,17)/b16-10-. The van der Waals surface area contributed by atoms with Gasteiger partial charge in [0.15, 0.2) is 0 Å². The lowest BCUT2D eigenvalue weighted by Crippen LogP contribution is -2.21. The Kier molecular flexibility index (Phi) is 6.32. The third kappa shape index (κ3) is 5.89. The van der Waals surface area contributed by atoms with Gasteiger partial charge in [0.05, 0.1) is 12.8 Å². The molecule has 5 heteroatoms. The second-order valence-corrected chi connectivity index (χ2v) is 3.89. The summed E-state index contributed by atoms with van der Waals surface area (Å²) in [5.74, 6) is 0.812. The molecule has 0 saturated heterocycles. The van der Waals surface area contributed by atoms with Crippen molar-refractivity contribution in [2.24, 2.45) is 21.7 Å². The van der Waals surface area contributed by atoms with Crippen LogP contribution in [0.25, 0.3) is 0 Å². The van der Waals surface area contributed by atoms with Gasteiger partial charge in [-0.15, -0.1) is 5.10 Å². The molecule has 0 heterocycles. The van der Waals surface area contributed by atoms with Gasteiger partial charge in [-0.2, -0.15) is 5.10 Å². The molecule has 0 atom stereocenters. The summed E-state index contributed by atoms with van der Waals surface area (Å²) in [6.45, 7) is 2.93. The zero-order valence-electron chi connectivity index (χ0n) is 10.7. The number of benzene rings is 1. The molecule has 4 N–H and O–H groups in total. The van der Waals surface area contributed by atoms with E-state index in [0.717, 1.165) is 24.3 Å². The molecule has 0 fully saturated rings. The van der Waals surface area contributed by atoms with Crippen molar-refractivity contribution in [3.63, 3.8) is 0 Å². The van der Waals surface area contributed by atoms with Crippen molar-refractivity contribution in [1.29, 1.82) is 0 Å². The zero-order chi connectivity index (χ0) is 13.2. The molecule has 0 amide bonds. The van der Waals surface area contributed by atoms with E-state index < -0.39 is 0 Å². The van der Waals surface area contributed by atoms with Gasteiger partial charge in [0, 0.05) is 0 Å². The number of hydrogen-bond donors (Lipinski definition) is 2. The van der Waals surface area contributed by atoms with Gasteiger partial charge in [-0.1, -0.05) is 19.8 Å². The first kappa shape index (κ1) is 14.0. The number of nitrogens with two attached hydrogens (primary N) is 2. The Balaban J connectivity index is 2.42. The maximum Gasteiger partial charge on any atom is 0.211 e. The summed E-state index contributed by atoms with van der Waals surface area (Å²) < 4.78 is 5.59. The van der Waals surface area contributed by atoms with Gasteiger partial charge < -0.3 is 16.2 Å². The number of unbranched alkanes of at least 4 members (excludes halogenated alkanes) is 2. The molecule has 5 nitrogen and oxygen atoms in total. The molecule has 98 valence electrons. The highest BCUT2D eigenvalue weighted by molar-refractivity contribution is 5.81. The van der Waals surface area contributed by atoms with E-state index in [1.54, 1.807) is 6.21 Å². The lowest BCUT2D eigenvalue weighted by Gasteiger charge is -2.05. The van der Waals surface area contributed by atoms with Crippen molar-refractivity contribution in [3.05, 3.63) is 29.8 Å². The van der Waals surface area contributed by atoms with Crippen molar-refractivity contribution in [2.75, 3.05) is 6.61 Å². The van der Waals surface area contributed by atoms with E-state index in [4.69, 9.17) is 16.2 Å². The Morgan fingerprint density at radius 1 is 1.22 bits per heavy atom. The van der Waals surface area contributed by atoms with Crippen LogP contribution in [-0.4, -0.2) is 18.8 Å². The largest absolute Gasteiger partial charge is 0.494 e. The van der Waals surface area contributed by atoms with E-state index in [0.29, 0.717) is 0 Å². The van der Waals surface area contributed by atoms with Crippen LogP contribution in [0.1, 0.15) is 31.7 Å². The second-order valence-electron chi connectivity index (χ2n) is 3.89. The number of hydrogen-bond acceptors (Lipinski definition) is 3. The molecule has 0 saturated carbocycles. The predicted molar refractivity (Wildman–Crippen MR) is 74.9 cm³/mol. The van der Waals surface area contributed by atoms with Crippen molar-refractivity contribution < 1.29 is 4.74 Å². The average molecular weight is 248 g/mol. The van der Waals surface area contributed by atoms with Gasteiger partial charge in [0.2, 0.25) is 5.96 Å². The molecular weight excluding hydrogens is 228 g/mol. The average Bonchev–Trinajstić information content (AvgIpc) is 2.36. The van der Waals surface area contributed by atoms with Crippen LogP contribution in [0.15, 0.2) is 34.5 Å². The Bertz CT molecular complexity index is 394. The van der Waals surface area contributed by atoms with Crippen LogP contribution in [0.4, 0.5) is 0 Å². The maximum absolute atomic E-state index is 5.59. The summed E-state index contributed by atoms with van der Waals surface area (Å²) in [5.41, 5.74) is 11.2.